The fourth-order valence-electron chi connectivity index (χ4n) is 13.5. The summed E-state index contributed by atoms with van der Waals surface area (Å²) < 4.78 is 2.35. The van der Waals surface area contributed by atoms with Crippen LogP contribution in [0.3, 0.4) is 0 Å². The number of benzene rings is 10. The van der Waals surface area contributed by atoms with E-state index in [1.807, 2.05) is 0 Å². The van der Waals surface area contributed by atoms with Crippen molar-refractivity contribution >= 4 is 27.5 Å². The fraction of sp³-hybridized carbons (Fsp3) is 0.0308. The van der Waals surface area contributed by atoms with Crippen LogP contribution < -0.4 is 0 Å². The molecule has 0 saturated carbocycles. The Morgan fingerprint density at radius 3 is 1.12 bits per heavy atom. The quantitative estimate of drug-likeness (QED) is 0.169. The molecule has 2 spiro atoms. The van der Waals surface area contributed by atoms with Gasteiger partial charge in [-0.1, -0.05) is 200 Å². The van der Waals surface area contributed by atoms with Crippen molar-refractivity contribution in [2.45, 2.75) is 10.8 Å². The number of nitrogens with zero attached hydrogens (tertiary/aromatic N) is 2. The molecule has 0 saturated heterocycles. The molecule has 0 amide bonds. The van der Waals surface area contributed by atoms with E-state index >= 15 is 0 Å². The molecule has 2 aromatic heterocycles. The first-order chi connectivity index (χ1) is 33.2. The molecule has 0 fully saturated rings. The van der Waals surface area contributed by atoms with Gasteiger partial charge in [0.1, 0.15) is 5.65 Å². The lowest BCUT2D eigenvalue weighted by Crippen LogP contribution is -2.25. The largest absolute Gasteiger partial charge is 0.298 e. The molecule has 2 heterocycles. The zero-order chi connectivity index (χ0) is 43.6. The summed E-state index contributed by atoms with van der Waals surface area (Å²) in [5, 5.41) is 2.34. The predicted molar refractivity (Wildman–Crippen MR) is 274 cm³/mol. The van der Waals surface area contributed by atoms with Crippen molar-refractivity contribution in [1.82, 2.24) is 9.38 Å². The molecule has 12 aromatic rings. The number of rotatable bonds is 2. The van der Waals surface area contributed by atoms with Gasteiger partial charge in [-0.3, -0.25) is 4.40 Å². The molecule has 10 aromatic carbocycles. The normalized spacial score (nSPS) is 14.5. The minimum absolute atomic E-state index is 0.394. The average molecular weight is 847 g/mol. The van der Waals surface area contributed by atoms with E-state index in [4.69, 9.17) is 4.98 Å². The minimum Gasteiger partial charge on any atom is -0.298 e. The van der Waals surface area contributed by atoms with Crippen molar-refractivity contribution < 1.29 is 0 Å². The second-order valence-electron chi connectivity index (χ2n) is 18.9. The van der Waals surface area contributed by atoms with Gasteiger partial charge in [0.25, 0.3) is 0 Å². The van der Waals surface area contributed by atoms with Crippen LogP contribution in [0.2, 0.25) is 0 Å². The van der Waals surface area contributed by atoms with Crippen LogP contribution in [0.25, 0.3) is 94.2 Å². The third-order valence-corrected chi connectivity index (χ3v) is 16.0. The Kier molecular flexibility index (Phi) is 6.72. The summed E-state index contributed by atoms with van der Waals surface area (Å²) in [6, 6.07) is 84.4. The molecule has 0 unspecified atom stereocenters. The molecule has 2 heteroatoms. The van der Waals surface area contributed by atoms with Gasteiger partial charge < -0.3 is 0 Å². The van der Waals surface area contributed by atoms with Gasteiger partial charge in [-0.25, -0.2) is 4.98 Å². The monoisotopic (exact) mass is 846 g/mol. The van der Waals surface area contributed by atoms with Crippen molar-refractivity contribution in [3.8, 4) is 66.8 Å². The average Bonchev–Trinajstić information content (AvgIpc) is 4.17. The number of pyridine rings is 1. The van der Waals surface area contributed by atoms with Gasteiger partial charge in [-0.2, -0.15) is 0 Å². The smallest absolute Gasteiger partial charge is 0.145 e. The maximum absolute atomic E-state index is 5.36. The Bertz CT molecular complexity index is 4060. The van der Waals surface area contributed by atoms with Crippen LogP contribution >= 0.6 is 0 Å². The molecule has 0 bridgehead atoms. The highest BCUT2D eigenvalue weighted by Crippen LogP contribution is 2.65. The molecule has 308 valence electrons. The van der Waals surface area contributed by atoms with Gasteiger partial charge in [0, 0.05) is 17.1 Å². The Morgan fingerprint density at radius 1 is 0.284 bits per heavy atom. The van der Waals surface area contributed by atoms with Crippen LogP contribution in [0.5, 0.6) is 0 Å². The summed E-state index contributed by atoms with van der Waals surface area (Å²) in [5.74, 6) is 0. The molecule has 0 radical (unpaired) electrons. The van der Waals surface area contributed by atoms with Crippen molar-refractivity contribution in [1.29, 1.82) is 0 Å². The summed E-state index contributed by atoms with van der Waals surface area (Å²) >= 11 is 0. The molecule has 4 aliphatic rings. The zero-order valence-electron chi connectivity index (χ0n) is 36.3. The van der Waals surface area contributed by atoms with Gasteiger partial charge in [0.2, 0.25) is 0 Å². The first-order valence-corrected chi connectivity index (χ1v) is 23.4. The Balaban J connectivity index is 0.905. The molecule has 67 heavy (non-hydrogen) atoms. The van der Waals surface area contributed by atoms with E-state index in [-0.39, 0.29) is 0 Å². The van der Waals surface area contributed by atoms with Crippen LogP contribution in [0.1, 0.15) is 44.5 Å². The molecule has 16 rings (SSSR count). The van der Waals surface area contributed by atoms with Gasteiger partial charge >= 0.3 is 0 Å². The first-order valence-electron chi connectivity index (χ1n) is 23.4. The van der Waals surface area contributed by atoms with Crippen LogP contribution in [0, 0.1) is 0 Å². The van der Waals surface area contributed by atoms with Crippen molar-refractivity contribution in [3.05, 3.63) is 275 Å². The Labute approximate surface area is 387 Å². The lowest BCUT2D eigenvalue weighted by atomic mass is 9.70. The van der Waals surface area contributed by atoms with Crippen molar-refractivity contribution in [2.75, 3.05) is 0 Å². The third-order valence-electron chi connectivity index (χ3n) is 16.0. The second kappa shape index (κ2) is 12.6. The SMILES string of the molecule is c1ccc2c(c1)-c1ccccc1C21c2ccccc2-c2ccc(-c3ccc4nc5c6ccccc6c(-c6ccc7c(c6)C6(c8ccccc8-c8ccccc86)c6ccccc6-7)cn5c4c3)cc21. The number of hydrogen-bond acceptors (Lipinski definition) is 1. The van der Waals surface area contributed by atoms with E-state index < -0.39 is 10.8 Å². The van der Waals surface area contributed by atoms with Crippen molar-refractivity contribution in [2.24, 2.45) is 0 Å². The predicted octanol–water partition coefficient (Wildman–Crippen LogP) is 15.7. The zero-order valence-corrected chi connectivity index (χ0v) is 36.3. The van der Waals surface area contributed by atoms with E-state index in [0.29, 0.717) is 0 Å². The van der Waals surface area contributed by atoms with Crippen LogP contribution in [-0.2, 0) is 10.8 Å². The summed E-state index contributed by atoms with van der Waals surface area (Å²) in [6.07, 6.45) is 2.35. The maximum atomic E-state index is 5.36. The van der Waals surface area contributed by atoms with Crippen LogP contribution in [0.4, 0.5) is 0 Å². The molecule has 0 aliphatic heterocycles. The highest BCUT2D eigenvalue weighted by molar-refractivity contribution is 6.07. The molecule has 4 aliphatic carbocycles. The first kappa shape index (κ1) is 35.7. The highest BCUT2D eigenvalue weighted by atomic mass is 15.0. The lowest BCUT2D eigenvalue weighted by molar-refractivity contribution is 0.794. The number of hydrogen-bond donors (Lipinski definition) is 0. The summed E-state index contributed by atoms with van der Waals surface area (Å²) in [5.41, 5.74) is 28.4. The molecule has 2 nitrogen and oxygen atoms in total. The second-order valence-corrected chi connectivity index (χ2v) is 18.9. The van der Waals surface area contributed by atoms with Crippen LogP contribution in [-0.4, -0.2) is 9.38 Å². The number of imidazole rings is 1. The van der Waals surface area contributed by atoms with Gasteiger partial charge in [0.05, 0.1) is 21.9 Å². The maximum Gasteiger partial charge on any atom is 0.145 e. The van der Waals surface area contributed by atoms with Crippen molar-refractivity contribution in [3.63, 3.8) is 0 Å². The highest BCUT2D eigenvalue weighted by Gasteiger charge is 2.53. The number of fused-ring (bicyclic) bond motifs is 25. The third kappa shape index (κ3) is 4.26. The van der Waals surface area contributed by atoms with Gasteiger partial charge in [-0.15, -0.1) is 0 Å². The van der Waals surface area contributed by atoms with Crippen LogP contribution in [0.15, 0.2) is 231 Å². The molecular formula is C65H38N2. The van der Waals surface area contributed by atoms with Gasteiger partial charge in [-0.05, 0) is 135 Å². The fourth-order valence-corrected chi connectivity index (χ4v) is 13.5. The lowest BCUT2D eigenvalue weighted by Gasteiger charge is -2.30. The number of aromatic nitrogens is 2. The standard InChI is InChI=1S/C65H38N2/c1-2-22-51-42(15-1)52(41-30-33-50-48-21-8-14-28-58(48)65(60(50)36-41)55-25-11-5-18-45(55)46-19-6-12-26-56(46)65)38-67-62-37-40(31-34-61(62)66-63(51)67)39-29-32-49-47-20-7-13-27-57(47)64(59(49)35-39)53-23-9-3-16-43(53)44-17-4-10-24-54(44)64/h1-38H. The summed E-state index contributed by atoms with van der Waals surface area (Å²) in [7, 11) is 0. The van der Waals surface area contributed by atoms with E-state index in [1.165, 1.54) is 117 Å². The molecular weight excluding hydrogens is 809 g/mol. The van der Waals surface area contributed by atoms with E-state index in [0.717, 1.165) is 22.1 Å². The van der Waals surface area contributed by atoms with E-state index in [1.54, 1.807) is 0 Å². The Morgan fingerprint density at radius 2 is 0.642 bits per heavy atom. The van der Waals surface area contributed by atoms with Gasteiger partial charge in [0.15, 0.2) is 0 Å². The molecule has 0 N–H and O–H groups in total. The Hall–Kier alpha value is -8.59. The summed E-state index contributed by atoms with van der Waals surface area (Å²) in [6.45, 7) is 0. The minimum atomic E-state index is -0.413. The topological polar surface area (TPSA) is 17.3 Å². The van der Waals surface area contributed by atoms with E-state index in [2.05, 4.69) is 235 Å². The van der Waals surface area contributed by atoms with E-state index in [9.17, 15) is 0 Å². The molecule has 0 atom stereocenters. The summed E-state index contributed by atoms with van der Waals surface area (Å²) in [4.78, 5) is 5.36.